The minimum Gasteiger partial charge on any atom is -0.313 e. The molecular weight excluding hydrogens is 328 g/mol. The second-order valence-corrected chi connectivity index (χ2v) is 6.64. The number of rotatable bonds is 6. The van der Waals surface area contributed by atoms with Gasteiger partial charge in [-0.1, -0.05) is 17.7 Å². The molecule has 17 heavy (non-hydrogen) atoms. The topological polar surface area (TPSA) is 72.2 Å². The summed E-state index contributed by atoms with van der Waals surface area (Å²) in [6.07, 6.45) is 0.508. The molecule has 0 bridgehead atoms. The Morgan fingerprint density at radius 3 is 2.71 bits per heavy atom. The Morgan fingerprint density at radius 1 is 1.41 bits per heavy atom. The summed E-state index contributed by atoms with van der Waals surface area (Å²) in [4.78, 5) is 0. The van der Waals surface area contributed by atoms with Gasteiger partial charge in [-0.15, -0.1) is 0 Å². The van der Waals surface area contributed by atoms with Gasteiger partial charge in [0.2, 0.25) is 10.0 Å². The summed E-state index contributed by atoms with van der Waals surface area (Å²) < 4.78 is 22.2. The molecule has 4 nitrogen and oxygen atoms in total. The van der Waals surface area contributed by atoms with Crippen molar-refractivity contribution in [3.63, 3.8) is 0 Å². The van der Waals surface area contributed by atoms with Crippen LogP contribution in [0.25, 0.3) is 0 Å². The molecule has 0 radical (unpaired) electrons. The first-order valence-corrected chi connectivity index (χ1v) is 7.92. The molecule has 0 amide bonds. The minimum absolute atomic E-state index is 0.00428. The number of nitrogens with two attached hydrogens (primary N) is 1. The molecule has 96 valence electrons. The van der Waals surface area contributed by atoms with Gasteiger partial charge >= 0.3 is 0 Å². The zero-order chi connectivity index (χ0) is 12.9. The van der Waals surface area contributed by atoms with Crippen LogP contribution in [0.15, 0.2) is 22.7 Å². The van der Waals surface area contributed by atoms with Crippen molar-refractivity contribution < 1.29 is 8.42 Å². The van der Waals surface area contributed by atoms with Crippen molar-refractivity contribution >= 4 is 37.6 Å². The highest BCUT2D eigenvalue weighted by molar-refractivity contribution is 9.10. The first-order chi connectivity index (χ1) is 7.88. The van der Waals surface area contributed by atoms with E-state index in [1.54, 1.807) is 0 Å². The van der Waals surface area contributed by atoms with Crippen LogP contribution in [0.3, 0.4) is 0 Å². The minimum atomic E-state index is -3.35. The van der Waals surface area contributed by atoms with E-state index in [2.05, 4.69) is 21.2 Å². The molecule has 0 aliphatic rings. The van der Waals surface area contributed by atoms with Crippen molar-refractivity contribution in [2.75, 3.05) is 12.3 Å². The van der Waals surface area contributed by atoms with E-state index in [1.807, 2.05) is 18.2 Å². The molecule has 0 aliphatic carbocycles. The summed E-state index contributed by atoms with van der Waals surface area (Å²) in [5.74, 6) is 0.00428. The lowest BCUT2D eigenvalue weighted by Gasteiger charge is -2.05. The van der Waals surface area contributed by atoms with Crippen LogP contribution in [-0.4, -0.2) is 20.7 Å². The van der Waals surface area contributed by atoms with E-state index in [0.29, 0.717) is 24.5 Å². The molecule has 0 spiro atoms. The average Bonchev–Trinajstić information content (AvgIpc) is 2.21. The van der Waals surface area contributed by atoms with Gasteiger partial charge in [-0.05, 0) is 46.6 Å². The first kappa shape index (κ1) is 14.9. The van der Waals surface area contributed by atoms with E-state index in [0.717, 1.165) is 10.0 Å². The van der Waals surface area contributed by atoms with Crippen LogP contribution in [0, 0.1) is 0 Å². The standard InChI is InChI=1S/C10H14BrClN2O2S/c11-9-6-8(2-3-10(9)12)7-14-4-1-5-17(13,15)16/h2-3,6,14H,1,4-5,7H2,(H2,13,15,16). The summed E-state index contributed by atoms with van der Waals surface area (Å²) in [7, 11) is -3.35. The third kappa shape index (κ3) is 6.38. The second-order valence-electron chi connectivity index (χ2n) is 3.65. The summed E-state index contributed by atoms with van der Waals surface area (Å²) in [5.41, 5.74) is 1.08. The molecule has 0 saturated carbocycles. The SMILES string of the molecule is NS(=O)(=O)CCCNCc1ccc(Cl)c(Br)c1. The number of hydrogen-bond acceptors (Lipinski definition) is 3. The van der Waals surface area contributed by atoms with Crippen LogP contribution >= 0.6 is 27.5 Å². The van der Waals surface area contributed by atoms with E-state index in [1.165, 1.54) is 0 Å². The average molecular weight is 342 g/mol. The molecule has 0 aliphatic heterocycles. The Morgan fingerprint density at radius 2 is 2.12 bits per heavy atom. The zero-order valence-corrected chi connectivity index (χ0v) is 12.3. The molecule has 0 aromatic heterocycles. The maximum Gasteiger partial charge on any atom is 0.209 e. The Hall–Kier alpha value is -0.140. The quantitative estimate of drug-likeness (QED) is 0.776. The van der Waals surface area contributed by atoms with Gasteiger partial charge in [0.05, 0.1) is 10.8 Å². The van der Waals surface area contributed by atoms with Crippen LogP contribution in [-0.2, 0) is 16.6 Å². The van der Waals surface area contributed by atoms with E-state index in [-0.39, 0.29) is 5.75 Å². The monoisotopic (exact) mass is 340 g/mol. The van der Waals surface area contributed by atoms with Crippen molar-refractivity contribution in [1.29, 1.82) is 0 Å². The van der Waals surface area contributed by atoms with Crippen molar-refractivity contribution in [2.24, 2.45) is 5.14 Å². The lowest BCUT2D eigenvalue weighted by molar-refractivity contribution is 0.590. The molecule has 7 heteroatoms. The van der Waals surface area contributed by atoms with Gasteiger partial charge in [0.15, 0.2) is 0 Å². The van der Waals surface area contributed by atoms with Crippen molar-refractivity contribution in [3.8, 4) is 0 Å². The first-order valence-electron chi connectivity index (χ1n) is 5.03. The van der Waals surface area contributed by atoms with Crippen LogP contribution in [0.5, 0.6) is 0 Å². The molecule has 0 unspecified atom stereocenters. The largest absolute Gasteiger partial charge is 0.313 e. The van der Waals surface area contributed by atoms with Gasteiger partial charge in [0, 0.05) is 11.0 Å². The maximum absolute atomic E-state index is 10.7. The van der Waals surface area contributed by atoms with E-state index >= 15 is 0 Å². The highest BCUT2D eigenvalue weighted by Crippen LogP contribution is 2.22. The van der Waals surface area contributed by atoms with Crippen molar-refractivity contribution in [1.82, 2.24) is 5.32 Å². The van der Waals surface area contributed by atoms with Gasteiger partial charge in [-0.2, -0.15) is 0 Å². The fourth-order valence-electron chi connectivity index (χ4n) is 1.28. The summed E-state index contributed by atoms with van der Waals surface area (Å²) >= 11 is 9.21. The number of hydrogen-bond donors (Lipinski definition) is 2. The molecule has 0 saturated heterocycles. The lowest BCUT2D eigenvalue weighted by Crippen LogP contribution is -2.22. The van der Waals surface area contributed by atoms with Gasteiger partial charge < -0.3 is 5.32 Å². The predicted octanol–water partition coefficient (Wildman–Crippen LogP) is 1.87. The number of benzene rings is 1. The fraction of sp³-hybridized carbons (Fsp3) is 0.400. The van der Waals surface area contributed by atoms with Gasteiger partial charge in [0.1, 0.15) is 0 Å². The summed E-state index contributed by atoms with van der Waals surface area (Å²) in [5, 5.41) is 8.70. The zero-order valence-electron chi connectivity index (χ0n) is 9.12. The number of primary sulfonamides is 1. The Labute approximate surface area is 115 Å². The molecule has 0 fully saturated rings. The highest BCUT2D eigenvalue weighted by Gasteiger charge is 2.02. The molecule has 1 aromatic carbocycles. The van der Waals surface area contributed by atoms with Gasteiger partial charge in [-0.25, -0.2) is 13.6 Å². The molecule has 1 rings (SSSR count). The van der Waals surface area contributed by atoms with Crippen LogP contribution in [0.4, 0.5) is 0 Å². The lowest BCUT2D eigenvalue weighted by atomic mass is 10.2. The van der Waals surface area contributed by atoms with Crippen LogP contribution in [0.2, 0.25) is 5.02 Å². The molecule has 0 atom stereocenters. The van der Waals surface area contributed by atoms with E-state index in [9.17, 15) is 8.42 Å². The summed E-state index contributed by atoms with van der Waals surface area (Å²) in [6.45, 7) is 1.27. The van der Waals surface area contributed by atoms with E-state index in [4.69, 9.17) is 16.7 Å². The van der Waals surface area contributed by atoms with E-state index < -0.39 is 10.0 Å². The van der Waals surface area contributed by atoms with Crippen molar-refractivity contribution in [2.45, 2.75) is 13.0 Å². The van der Waals surface area contributed by atoms with Crippen LogP contribution < -0.4 is 10.5 Å². The van der Waals surface area contributed by atoms with Crippen LogP contribution in [0.1, 0.15) is 12.0 Å². The van der Waals surface area contributed by atoms with Crippen molar-refractivity contribution in [3.05, 3.63) is 33.3 Å². The molecule has 3 N–H and O–H groups in total. The highest BCUT2D eigenvalue weighted by atomic mass is 79.9. The second kappa shape index (κ2) is 6.70. The smallest absolute Gasteiger partial charge is 0.209 e. The summed E-state index contributed by atoms with van der Waals surface area (Å²) in [6, 6.07) is 5.65. The Bertz CT molecular complexity index is 479. The maximum atomic E-state index is 10.7. The van der Waals surface area contributed by atoms with Gasteiger partial charge in [0.25, 0.3) is 0 Å². The third-order valence-electron chi connectivity index (χ3n) is 2.10. The Kier molecular flexibility index (Phi) is 5.88. The number of sulfonamides is 1. The Balaban J connectivity index is 2.29. The number of halogens is 2. The van der Waals surface area contributed by atoms with Gasteiger partial charge in [-0.3, -0.25) is 0 Å². The third-order valence-corrected chi connectivity index (χ3v) is 4.17. The fourth-order valence-corrected chi connectivity index (χ4v) is 2.37. The predicted molar refractivity (Wildman–Crippen MR) is 73.4 cm³/mol. The normalized spacial score (nSPS) is 11.7. The molecule has 0 heterocycles. The molecule has 1 aromatic rings. The molecular formula is C10H14BrClN2O2S. The number of nitrogens with one attached hydrogen (secondary N) is 1.